The zero-order valence-electron chi connectivity index (χ0n) is 64.3. The van der Waals surface area contributed by atoms with E-state index in [2.05, 4.69) is 323 Å². The Bertz CT molecular complexity index is 1910. The quantitative estimate of drug-likeness (QED) is 0.213. The number of nitrogens with zero attached hydrogens (tertiary/aromatic N) is 4. The van der Waals surface area contributed by atoms with E-state index >= 15 is 0 Å². The first-order valence-corrected chi connectivity index (χ1v) is 47.7. The normalized spacial score (nSPS) is 16.5. The van der Waals surface area contributed by atoms with Crippen LogP contribution in [0.1, 0.15) is 298 Å². The van der Waals surface area contributed by atoms with Gasteiger partial charge in [0.1, 0.15) is 22.8 Å². The summed E-state index contributed by atoms with van der Waals surface area (Å²) in [6, 6.07) is 0. The molecule has 2 aliphatic heterocycles. The lowest BCUT2D eigenvalue weighted by Gasteiger charge is -2.80. The number of rotatable bonds is 6. The highest BCUT2D eigenvalue weighted by atomic mass is 29.6. The molecule has 484 valence electrons. The second-order valence-corrected chi connectivity index (χ2v) is 83.0. The van der Waals surface area contributed by atoms with E-state index < -0.39 is 46.0 Å². The Kier molecular flexibility index (Phi) is 24.8. The molecule has 12 heteroatoms. The molecule has 2 aliphatic rings. The summed E-state index contributed by atoms with van der Waals surface area (Å²) in [5.41, 5.74) is 9.16. The summed E-state index contributed by atoms with van der Waals surface area (Å²) in [5.74, 6) is 0. The molecule has 0 aliphatic carbocycles. The molecule has 0 unspecified atom stereocenters. The first-order chi connectivity index (χ1) is 35.8. The van der Waals surface area contributed by atoms with Crippen molar-refractivity contribution >= 4 is 56.9 Å². The smallest absolute Gasteiger partial charge is 0.139 e. The van der Waals surface area contributed by atoms with Crippen molar-refractivity contribution in [3.05, 3.63) is 22.8 Å². The third-order valence-electron chi connectivity index (χ3n) is 21.4. The summed E-state index contributed by atoms with van der Waals surface area (Å²) in [6.07, 6.45) is 5.11. The molecular formula is C70H148N4O2Si6. The maximum absolute atomic E-state index is 4.94. The highest BCUT2D eigenvalue weighted by Gasteiger charge is 2.70. The first-order valence-electron chi connectivity index (χ1n) is 32.7. The van der Waals surface area contributed by atoms with Crippen LogP contribution in [0.2, 0.25) is 60.5 Å². The van der Waals surface area contributed by atoms with Crippen molar-refractivity contribution in [1.29, 1.82) is 0 Å². The highest BCUT2D eigenvalue weighted by molar-refractivity contribution is 7.68. The predicted octanol–water partition coefficient (Wildman–Crippen LogP) is 19.6. The topological polar surface area (TPSA) is 36.1 Å². The van der Waals surface area contributed by atoms with E-state index in [1.54, 1.807) is 10.9 Å². The van der Waals surface area contributed by atoms with Gasteiger partial charge in [0.25, 0.3) is 0 Å². The van der Waals surface area contributed by atoms with Gasteiger partial charge in [-0.25, -0.2) is 0 Å². The molecule has 2 aromatic rings. The van der Waals surface area contributed by atoms with Gasteiger partial charge in [-0.1, -0.05) is 340 Å². The summed E-state index contributed by atoms with van der Waals surface area (Å²) in [7, 11) is -1.42. The van der Waals surface area contributed by atoms with Crippen LogP contribution in [0.25, 0.3) is 0 Å². The van der Waals surface area contributed by atoms with Crippen molar-refractivity contribution < 1.29 is 18.6 Å². The molecule has 2 aromatic heterocycles. The Hall–Kier alpha value is -0.359. The molecule has 0 aromatic carbocycles. The minimum atomic E-state index is -2.19. The van der Waals surface area contributed by atoms with Gasteiger partial charge in [0.15, 0.2) is 0 Å². The Morgan fingerprint density at radius 2 is 0.427 bits per heavy atom. The minimum Gasteiger partial charge on any atom is -0.381 e. The van der Waals surface area contributed by atoms with Crippen LogP contribution in [0.15, 0.2) is 0 Å². The third-order valence-corrected chi connectivity index (χ3v) is 106. The molecule has 0 N–H and O–H groups in total. The molecule has 0 radical (unpaired) electrons. The zero-order chi connectivity index (χ0) is 66.0. The zero-order valence-corrected chi connectivity index (χ0v) is 70.3. The van der Waals surface area contributed by atoms with E-state index in [4.69, 9.17) is 9.47 Å². The standard InChI is InChI=1S/2C31H66N2Si3.2C4H8O/c2*1-23-24(2)33(22)25(32(23)21)34(35(26(3,4)5,27(6,7)8)28(9,10)11)36(29(12,13)14,30(15,16)17)31(18,19)20;2*1-2-4-5-3-1/h2*1-22H3;2*1-4H2. The van der Waals surface area contributed by atoms with Gasteiger partial charge >= 0.3 is 0 Å². The van der Waals surface area contributed by atoms with Gasteiger partial charge in [-0.3, -0.25) is 18.3 Å². The van der Waals surface area contributed by atoms with Crippen molar-refractivity contribution in [2.45, 2.75) is 363 Å². The summed E-state index contributed by atoms with van der Waals surface area (Å²) >= 11 is 0. The number of hydrogen-bond donors (Lipinski definition) is 0. The van der Waals surface area contributed by atoms with Gasteiger partial charge in [0.2, 0.25) is 0 Å². The molecule has 0 spiro atoms. The monoisotopic (exact) mass is 1250 g/mol. The Morgan fingerprint density at radius 1 is 0.293 bits per heavy atom. The molecular weight excluding hydrogens is 1100 g/mol. The maximum Gasteiger partial charge on any atom is 0.139 e. The van der Waals surface area contributed by atoms with Crippen LogP contribution in [0.5, 0.6) is 0 Å². The minimum absolute atomic E-state index is 0.247. The number of aromatic nitrogens is 4. The average molecular weight is 1250 g/mol. The van der Waals surface area contributed by atoms with Gasteiger partial charge in [-0.05, 0) is 25.7 Å². The SMILES string of the molecule is C1CCOC1.C1CCOC1.Cc1c(C)[n+](C)c([Si-]([Si](C(C)(C)C)(C(C)(C)C)C(C)(C)C)[Si](C(C)(C)C)(C(C)(C)C)C(C)(C)C)n1C.Cc1c(C)[n+](C)c([Si-]([Si](C(C)(C)C)(C(C)(C)C)C(C)(C)C)[Si](C(C)(C)C)(C(C)(C)C)C(C)(C)C)n1C. The van der Waals surface area contributed by atoms with Crippen LogP contribution >= 0.6 is 0 Å². The van der Waals surface area contributed by atoms with Crippen molar-refractivity contribution in [1.82, 2.24) is 9.13 Å². The summed E-state index contributed by atoms with van der Waals surface area (Å²) in [4.78, 5) is 0. The summed E-state index contributed by atoms with van der Waals surface area (Å²) < 4.78 is 20.6. The number of imidazole rings is 2. The van der Waals surface area contributed by atoms with Gasteiger partial charge in [0.05, 0.1) is 39.1 Å². The molecule has 0 bridgehead atoms. The number of ether oxygens (including phenoxy) is 2. The van der Waals surface area contributed by atoms with Gasteiger partial charge in [-0.15, -0.1) is 0 Å². The molecule has 2 fully saturated rings. The van der Waals surface area contributed by atoms with Crippen LogP contribution in [-0.4, -0.2) is 81.6 Å². The first kappa shape index (κ1) is 79.7. The van der Waals surface area contributed by atoms with Crippen LogP contribution < -0.4 is 20.0 Å². The highest BCUT2D eigenvalue weighted by Crippen LogP contribution is 2.73. The van der Waals surface area contributed by atoms with E-state index in [0.29, 0.717) is 0 Å². The van der Waals surface area contributed by atoms with Crippen molar-refractivity contribution in [3.63, 3.8) is 0 Å². The van der Waals surface area contributed by atoms with E-state index in [1.165, 1.54) is 48.5 Å². The molecule has 2 saturated heterocycles. The van der Waals surface area contributed by atoms with Crippen LogP contribution in [0.3, 0.4) is 0 Å². The lowest BCUT2D eigenvalue weighted by Crippen LogP contribution is -2.89. The predicted molar refractivity (Wildman–Crippen MR) is 383 cm³/mol. The van der Waals surface area contributed by atoms with Gasteiger partial charge in [-0.2, -0.15) is 15.7 Å². The summed E-state index contributed by atoms with van der Waals surface area (Å²) in [6.45, 7) is 108. The van der Waals surface area contributed by atoms with Gasteiger partial charge in [0, 0.05) is 54.1 Å². The second-order valence-electron chi connectivity index (χ2n) is 38.6. The van der Waals surface area contributed by atoms with Crippen LogP contribution in [0, 0.1) is 27.7 Å². The van der Waals surface area contributed by atoms with Gasteiger partial charge < -0.3 is 9.47 Å². The van der Waals surface area contributed by atoms with E-state index in [1.807, 2.05) is 0 Å². The number of hydrogen-bond acceptors (Lipinski definition) is 2. The lowest BCUT2D eigenvalue weighted by molar-refractivity contribution is -0.659. The van der Waals surface area contributed by atoms with Crippen molar-refractivity contribution in [3.8, 4) is 0 Å². The van der Waals surface area contributed by atoms with Crippen molar-refractivity contribution in [2.75, 3.05) is 26.4 Å². The largest absolute Gasteiger partial charge is 0.381 e. The van der Waals surface area contributed by atoms with Crippen LogP contribution in [-0.2, 0) is 37.7 Å². The molecule has 0 saturated carbocycles. The lowest BCUT2D eigenvalue weighted by atomic mass is 10.2. The maximum atomic E-state index is 4.94. The molecule has 4 heterocycles. The van der Waals surface area contributed by atoms with Crippen LogP contribution in [0.4, 0.5) is 0 Å². The third kappa shape index (κ3) is 13.7. The second kappa shape index (κ2) is 25.5. The van der Waals surface area contributed by atoms with E-state index in [0.717, 1.165) is 26.4 Å². The average Bonchev–Trinajstić information content (AvgIpc) is 4.02. The fourth-order valence-corrected chi connectivity index (χ4v) is 153. The Labute approximate surface area is 521 Å². The van der Waals surface area contributed by atoms with Crippen molar-refractivity contribution in [2.24, 2.45) is 28.2 Å². The molecule has 4 rings (SSSR count). The summed E-state index contributed by atoms with van der Waals surface area (Å²) in [5, 5.41) is 2.96. The molecule has 0 amide bonds. The molecule has 6 nitrogen and oxygen atoms in total. The fourth-order valence-electron chi connectivity index (χ4n) is 23.0. The van der Waals surface area contributed by atoms with E-state index in [-0.39, 0.29) is 60.5 Å². The molecule has 0 atom stereocenters. The Balaban J connectivity index is 0.000000695. The fraction of sp³-hybridized carbons (Fsp3) is 0.914. The molecule has 82 heavy (non-hydrogen) atoms. The Morgan fingerprint density at radius 3 is 0.500 bits per heavy atom. The van der Waals surface area contributed by atoms with E-state index in [9.17, 15) is 0 Å².